The number of nitrogens with one attached hydrogen (secondary N) is 1. The zero-order chi connectivity index (χ0) is 25.1. The van der Waals surface area contributed by atoms with E-state index in [1.54, 1.807) is 36.4 Å². The average Bonchev–Trinajstić information content (AvgIpc) is 3.30. The molecule has 36 heavy (non-hydrogen) atoms. The van der Waals surface area contributed by atoms with Gasteiger partial charge in [0.1, 0.15) is 17.5 Å². The van der Waals surface area contributed by atoms with Crippen LogP contribution >= 0.6 is 0 Å². The maximum Gasteiger partial charge on any atom is 0.264 e. The molecule has 0 saturated carbocycles. The van der Waals surface area contributed by atoms with Crippen LogP contribution in [0.5, 0.6) is 0 Å². The Morgan fingerprint density at radius 2 is 1.64 bits per heavy atom. The Morgan fingerprint density at radius 3 is 2.50 bits per heavy atom. The highest BCUT2D eigenvalue weighted by atomic mass is 19.1. The summed E-state index contributed by atoms with van der Waals surface area (Å²) in [5.74, 6) is -0.621. The molecule has 0 aliphatic carbocycles. The van der Waals surface area contributed by atoms with Crippen LogP contribution in [0.15, 0.2) is 77.0 Å². The lowest BCUT2D eigenvalue weighted by molar-refractivity contribution is -0.121. The lowest BCUT2D eigenvalue weighted by Crippen LogP contribution is -2.30. The second kappa shape index (κ2) is 9.90. The van der Waals surface area contributed by atoms with Gasteiger partial charge in [-0.15, -0.1) is 0 Å². The monoisotopic (exact) mass is 487 g/mol. The van der Waals surface area contributed by atoms with Crippen molar-refractivity contribution in [2.24, 2.45) is 0 Å². The molecule has 0 aliphatic rings. The van der Waals surface area contributed by atoms with Crippen LogP contribution in [0.2, 0.25) is 0 Å². The minimum absolute atomic E-state index is 0.0610. The van der Waals surface area contributed by atoms with Crippen molar-refractivity contribution in [3.8, 4) is 0 Å². The molecule has 0 atom stereocenters. The standard InChI is InChI=1S/C25H22FN7O3/c26-20-7-3-1-5-17(20)14-32-16-29-23-19(25(32)36)13-30-33(23)12-10-27-22(34)9-11-31-15-28-21-8-4-2-6-18(21)24(31)35/h1-8,13,15-16H,9-12,14H2,(H,27,34). The van der Waals surface area contributed by atoms with E-state index in [9.17, 15) is 18.8 Å². The lowest BCUT2D eigenvalue weighted by Gasteiger charge is -2.09. The molecule has 0 spiro atoms. The fraction of sp³-hybridized carbons (Fsp3) is 0.200. The number of aryl methyl sites for hydroxylation is 1. The van der Waals surface area contributed by atoms with Crippen LogP contribution in [0.3, 0.4) is 0 Å². The molecule has 182 valence electrons. The second-order valence-corrected chi connectivity index (χ2v) is 8.23. The van der Waals surface area contributed by atoms with Gasteiger partial charge in [0.05, 0.1) is 36.5 Å². The Morgan fingerprint density at radius 1 is 0.889 bits per heavy atom. The zero-order valence-electron chi connectivity index (χ0n) is 19.2. The maximum absolute atomic E-state index is 14.0. The number of para-hydroxylation sites is 1. The third-order valence-electron chi connectivity index (χ3n) is 5.88. The SMILES string of the molecule is O=C(CCn1cnc2ccccc2c1=O)NCCn1ncc2c(=O)n(Cc3ccccc3F)cnc21. The normalized spacial score (nSPS) is 11.2. The smallest absolute Gasteiger partial charge is 0.264 e. The third-order valence-corrected chi connectivity index (χ3v) is 5.88. The van der Waals surface area contributed by atoms with Gasteiger partial charge < -0.3 is 5.32 Å². The van der Waals surface area contributed by atoms with Crippen molar-refractivity contribution < 1.29 is 9.18 Å². The molecule has 0 unspecified atom stereocenters. The van der Waals surface area contributed by atoms with Crippen LogP contribution in [0.25, 0.3) is 21.9 Å². The van der Waals surface area contributed by atoms with Crippen LogP contribution in [-0.4, -0.2) is 41.3 Å². The Balaban J connectivity index is 1.19. The van der Waals surface area contributed by atoms with E-state index >= 15 is 0 Å². The van der Waals surface area contributed by atoms with Gasteiger partial charge in [-0.1, -0.05) is 30.3 Å². The summed E-state index contributed by atoms with van der Waals surface area (Å²) in [6, 6.07) is 13.3. The van der Waals surface area contributed by atoms with Crippen LogP contribution < -0.4 is 16.4 Å². The number of hydrogen-bond acceptors (Lipinski definition) is 6. The minimum atomic E-state index is -0.391. The first-order valence-corrected chi connectivity index (χ1v) is 11.4. The number of amides is 1. The fourth-order valence-electron chi connectivity index (χ4n) is 3.96. The molecular weight excluding hydrogens is 465 g/mol. The Kier molecular flexibility index (Phi) is 6.35. The molecule has 3 heterocycles. The summed E-state index contributed by atoms with van der Waals surface area (Å²) in [6.07, 6.45) is 4.34. The topological polar surface area (TPSA) is 117 Å². The highest BCUT2D eigenvalue weighted by Gasteiger charge is 2.12. The minimum Gasteiger partial charge on any atom is -0.354 e. The van der Waals surface area contributed by atoms with E-state index in [4.69, 9.17) is 0 Å². The number of carbonyl (C=O) groups is 1. The average molecular weight is 487 g/mol. The summed E-state index contributed by atoms with van der Waals surface area (Å²) in [7, 11) is 0. The first-order chi connectivity index (χ1) is 17.5. The summed E-state index contributed by atoms with van der Waals surface area (Å²) in [4.78, 5) is 46.2. The Labute approximate surface area is 203 Å². The van der Waals surface area contributed by atoms with Gasteiger partial charge in [-0.3, -0.25) is 23.5 Å². The van der Waals surface area contributed by atoms with E-state index in [2.05, 4.69) is 20.4 Å². The number of benzene rings is 2. The molecule has 0 saturated heterocycles. The van der Waals surface area contributed by atoms with E-state index in [1.807, 2.05) is 6.07 Å². The highest BCUT2D eigenvalue weighted by molar-refractivity contribution is 5.77. The molecule has 5 rings (SSSR count). The molecule has 1 amide bonds. The van der Waals surface area contributed by atoms with Crippen molar-refractivity contribution >= 4 is 27.8 Å². The number of fused-ring (bicyclic) bond motifs is 2. The van der Waals surface area contributed by atoms with E-state index < -0.39 is 5.82 Å². The summed E-state index contributed by atoms with van der Waals surface area (Å²) >= 11 is 0. The fourth-order valence-corrected chi connectivity index (χ4v) is 3.96. The summed E-state index contributed by atoms with van der Waals surface area (Å²) in [5, 5.41) is 7.82. The van der Waals surface area contributed by atoms with Crippen molar-refractivity contribution in [1.82, 2.24) is 34.2 Å². The first kappa shape index (κ1) is 23.1. The van der Waals surface area contributed by atoms with Gasteiger partial charge >= 0.3 is 0 Å². The Bertz CT molecular complexity index is 1690. The molecule has 3 aromatic heterocycles. The highest BCUT2D eigenvalue weighted by Crippen LogP contribution is 2.10. The van der Waals surface area contributed by atoms with E-state index in [-0.39, 0.29) is 43.1 Å². The van der Waals surface area contributed by atoms with Crippen molar-refractivity contribution in [2.75, 3.05) is 6.54 Å². The zero-order valence-corrected chi connectivity index (χ0v) is 19.2. The molecule has 0 aliphatic heterocycles. The van der Waals surface area contributed by atoms with Crippen LogP contribution in [0.1, 0.15) is 12.0 Å². The van der Waals surface area contributed by atoms with E-state index in [0.29, 0.717) is 34.0 Å². The second-order valence-electron chi connectivity index (χ2n) is 8.23. The van der Waals surface area contributed by atoms with Gasteiger partial charge in [0.25, 0.3) is 11.1 Å². The van der Waals surface area contributed by atoms with Gasteiger partial charge in [0.2, 0.25) is 5.91 Å². The van der Waals surface area contributed by atoms with Crippen LogP contribution in [0, 0.1) is 5.82 Å². The van der Waals surface area contributed by atoms with Gasteiger partial charge in [-0.05, 0) is 18.2 Å². The third kappa shape index (κ3) is 4.63. The number of rotatable bonds is 8. The van der Waals surface area contributed by atoms with Crippen molar-refractivity contribution in [3.05, 3.63) is 99.5 Å². The molecule has 11 heteroatoms. The summed E-state index contributed by atoms with van der Waals surface area (Å²) < 4.78 is 18.2. The predicted octanol–water partition coefficient (Wildman–Crippen LogP) is 1.70. The van der Waals surface area contributed by atoms with Crippen molar-refractivity contribution in [3.63, 3.8) is 0 Å². The molecule has 0 radical (unpaired) electrons. The van der Waals surface area contributed by atoms with Gasteiger partial charge in [0, 0.05) is 25.1 Å². The maximum atomic E-state index is 14.0. The molecule has 10 nitrogen and oxygen atoms in total. The molecule has 1 N–H and O–H groups in total. The number of halogens is 1. The lowest BCUT2D eigenvalue weighted by atomic mass is 10.2. The summed E-state index contributed by atoms with van der Waals surface area (Å²) in [6.45, 7) is 0.832. The number of nitrogens with zero attached hydrogens (tertiary/aromatic N) is 6. The largest absolute Gasteiger partial charge is 0.354 e. The van der Waals surface area contributed by atoms with Crippen LogP contribution in [-0.2, 0) is 24.4 Å². The molecule has 2 aromatic carbocycles. The predicted molar refractivity (Wildman–Crippen MR) is 131 cm³/mol. The molecule has 0 fully saturated rings. The molecule has 0 bridgehead atoms. The van der Waals surface area contributed by atoms with Crippen molar-refractivity contribution in [2.45, 2.75) is 26.1 Å². The van der Waals surface area contributed by atoms with Crippen molar-refractivity contribution in [1.29, 1.82) is 0 Å². The number of hydrogen-bond donors (Lipinski definition) is 1. The molecule has 5 aromatic rings. The van der Waals surface area contributed by atoms with Gasteiger partial charge in [0.15, 0.2) is 5.65 Å². The number of aromatic nitrogens is 6. The van der Waals surface area contributed by atoms with Crippen LogP contribution in [0.4, 0.5) is 4.39 Å². The van der Waals surface area contributed by atoms with Gasteiger partial charge in [-0.2, -0.15) is 5.10 Å². The Hall–Kier alpha value is -4.67. The summed E-state index contributed by atoms with van der Waals surface area (Å²) in [5.41, 5.74) is 0.865. The van der Waals surface area contributed by atoms with E-state index in [1.165, 1.54) is 38.7 Å². The molecular formula is C25H22FN7O3. The number of carbonyl (C=O) groups excluding carboxylic acids is 1. The quantitative estimate of drug-likeness (QED) is 0.356. The van der Waals surface area contributed by atoms with Gasteiger partial charge in [-0.25, -0.2) is 19.0 Å². The van der Waals surface area contributed by atoms with E-state index in [0.717, 1.165) is 0 Å². The first-order valence-electron chi connectivity index (χ1n) is 11.4.